The minimum atomic E-state index is -0.110. The van der Waals surface area contributed by atoms with Gasteiger partial charge >= 0.3 is 0 Å². The quantitative estimate of drug-likeness (QED) is 0.914. The van der Waals surface area contributed by atoms with Crippen molar-refractivity contribution in [3.8, 4) is 0 Å². The van der Waals surface area contributed by atoms with Crippen LogP contribution in [0.4, 0.5) is 4.39 Å². The maximum absolute atomic E-state index is 14.6. The highest BCUT2D eigenvalue weighted by Gasteiger charge is 2.33. The van der Waals surface area contributed by atoms with Gasteiger partial charge in [0.05, 0.1) is 0 Å². The van der Waals surface area contributed by atoms with Gasteiger partial charge in [-0.05, 0) is 30.9 Å². The third-order valence-electron chi connectivity index (χ3n) is 4.50. The first-order chi connectivity index (χ1) is 9.66. The van der Waals surface area contributed by atoms with Gasteiger partial charge in [0.2, 0.25) is 0 Å². The number of rotatable bonds is 4. The molecule has 2 fully saturated rings. The van der Waals surface area contributed by atoms with Gasteiger partial charge in [-0.3, -0.25) is 4.90 Å². The van der Waals surface area contributed by atoms with Gasteiger partial charge in [-0.1, -0.05) is 30.5 Å². The van der Waals surface area contributed by atoms with E-state index in [4.69, 9.17) is 11.6 Å². The highest BCUT2D eigenvalue weighted by atomic mass is 35.5. The highest BCUT2D eigenvalue weighted by Crippen LogP contribution is 2.42. The lowest BCUT2D eigenvalue weighted by molar-refractivity contribution is 0.157. The topological polar surface area (TPSA) is 15.3 Å². The van der Waals surface area contributed by atoms with E-state index in [9.17, 15) is 4.39 Å². The molecule has 1 heterocycles. The molecule has 0 aromatic heterocycles. The van der Waals surface area contributed by atoms with Crippen molar-refractivity contribution in [1.29, 1.82) is 0 Å². The molecule has 1 saturated heterocycles. The van der Waals surface area contributed by atoms with E-state index in [0.717, 1.165) is 44.1 Å². The third kappa shape index (κ3) is 3.00. The van der Waals surface area contributed by atoms with Crippen molar-refractivity contribution >= 4 is 11.6 Å². The van der Waals surface area contributed by atoms with Gasteiger partial charge in [0, 0.05) is 42.8 Å². The molecule has 4 heteroatoms. The first kappa shape index (κ1) is 14.3. The van der Waals surface area contributed by atoms with Crippen molar-refractivity contribution in [3.63, 3.8) is 0 Å². The van der Waals surface area contributed by atoms with Crippen LogP contribution in [0, 0.1) is 18.7 Å². The Morgan fingerprint density at radius 2 is 2.05 bits per heavy atom. The van der Waals surface area contributed by atoms with Crippen LogP contribution < -0.4 is 5.32 Å². The SMILES string of the molecule is Cc1ccc(Cl)c([C@@H](CC2CC2)N2CCNCC2)c1F. The molecule has 20 heavy (non-hydrogen) atoms. The zero-order chi connectivity index (χ0) is 14.1. The molecule has 1 aromatic carbocycles. The Kier molecular flexibility index (Phi) is 4.29. The maximum Gasteiger partial charge on any atom is 0.132 e. The molecule has 0 amide bonds. The molecule has 2 aliphatic rings. The highest BCUT2D eigenvalue weighted by molar-refractivity contribution is 6.31. The fraction of sp³-hybridized carbons (Fsp3) is 0.625. The number of benzene rings is 1. The van der Waals surface area contributed by atoms with Crippen LogP contribution in [0.25, 0.3) is 0 Å². The first-order valence-electron chi connectivity index (χ1n) is 7.56. The predicted molar refractivity (Wildman–Crippen MR) is 80.7 cm³/mol. The van der Waals surface area contributed by atoms with E-state index in [2.05, 4.69) is 10.2 Å². The number of hydrogen-bond acceptors (Lipinski definition) is 2. The van der Waals surface area contributed by atoms with Crippen LogP contribution in [0.5, 0.6) is 0 Å². The zero-order valence-electron chi connectivity index (χ0n) is 12.0. The monoisotopic (exact) mass is 296 g/mol. The maximum atomic E-state index is 14.6. The van der Waals surface area contributed by atoms with Gasteiger partial charge in [0.1, 0.15) is 5.82 Å². The van der Waals surface area contributed by atoms with Gasteiger partial charge in [0.15, 0.2) is 0 Å². The van der Waals surface area contributed by atoms with Crippen LogP contribution in [0.15, 0.2) is 12.1 Å². The summed E-state index contributed by atoms with van der Waals surface area (Å²) in [6.45, 7) is 5.72. The molecule has 1 atom stereocenters. The van der Waals surface area contributed by atoms with E-state index >= 15 is 0 Å². The fourth-order valence-electron chi connectivity index (χ4n) is 3.10. The Morgan fingerprint density at radius 1 is 1.35 bits per heavy atom. The number of piperazine rings is 1. The molecule has 0 spiro atoms. The standard InChI is InChI=1S/C16H22ClFN2/c1-11-2-5-13(17)15(16(11)18)14(10-12-3-4-12)20-8-6-19-7-9-20/h2,5,12,14,19H,3-4,6-10H2,1H3/t14-/m1/s1. The summed E-state index contributed by atoms with van der Waals surface area (Å²) in [5.74, 6) is 0.646. The van der Waals surface area contributed by atoms with Crippen molar-refractivity contribution in [2.24, 2.45) is 5.92 Å². The molecule has 0 bridgehead atoms. The second-order valence-electron chi connectivity index (χ2n) is 6.07. The van der Waals surface area contributed by atoms with E-state index in [-0.39, 0.29) is 11.9 Å². The molecule has 110 valence electrons. The molecule has 1 aliphatic heterocycles. The van der Waals surface area contributed by atoms with Gasteiger partial charge in [-0.15, -0.1) is 0 Å². The summed E-state index contributed by atoms with van der Waals surface area (Å²) in [6.07, 6.45) is 3.61. The summed E-state index contributed by atoms with van der Waals surface area (Å²) < 4.78 is 14.6. The Hall–Kier alpha value is -0.640. The summed E-state index contributed by atoms with van der Waals surface area (Å²) >= 11 is 6.34. The van der Waals surface area contributed by atoms with Gasteiger partial charge in [0.25, 0.3) is 0 Å². The fourth-order valence-corrected chi connectivity index (χ4v) is 3.37. The smallest absolute Gasteiger partial charge is 0.132 e. The summed E-state index contributed by atoms with van der Waals surface area (Å²) in [5, 5.41) is 3.94. The lowest BCUT2D eigenvalue weighted by Crippen LogP contribution is -2.45. The third-order valence-corrected chi connectivity index (χ3v) is 4.83. The molecular weight excluding hydrogens is 275 g/mol. The van der Waals surface area contributed by atoms with E-state index in [1.54, 1.807) is 6.07 Å². The molecule has 1 aliphatic carbocycles. The van der Waals surface area contributed by atoms with Crippen molar-refractivity contribution in [2.75, 3.05) is 26.2 Å². The van der Waals surface area contributed by atoms with Gasteiger partial charge in [-0.2, -0.15) is 0 Å². The number of halogens is 2. The van der Waals surface area contributed by atoms with Crippen LogP contribution in [-0.2, 0) is 0 Å². The minimum absolute atomic E-state index is 0.110. The molecule has 1 saturated carbocycles. The number of nitrogens with zero attached hydrogens (tertiary/aromatic N) is 1. The van der Waals surface area contributed by atoms with Crippen LogP contribution in [-0.4, -0.2) is 31.1 Å². The van der Waals surface area contributed by atoms with Crippen molar-refractivity contribution in [2.45, 2.75) is 32.2 Å². The summed E-state index contributed by atoms with van der Waals surface area (Å²) in [6, 6.07) is 3.75. The van der Waals surface area contributed by atoms with Crippen LogP contribution in [0.2, 0.25) is 5.02 Å². The minimum Gasteiger partial charge on any atom is -0.314 e. The molecule has 3 rings (SSSR count). The normalized spacial score (nSPS) is 21.9. The second-order valence-corrected chi connectivity index (χ2v) is 6.48. The number of aryl methyl sites for hydroxylation is 1. The number of nitrogens with one attached hydrogen (secondary N) is 1. The van der Waals surface area contributed by atoms with Crippen LogP contribution in [0.1, 0.15) is 36.4 Å². The zero-order valence-corrected chi connectivity index (χ0v) is 12.7. The van der Waals surface area contributed by atoms with Gasteiger partial charge in [-0.25, -0.2) is 4.39 Å². The lowest BCUT2D eigenvalue weighted by atomic mass is 9.96. The molecule has 0 radical (unpaired) electrons. The van der Waals surface area contributed by atoms with Gasteiger partial charge < -0.3 is 5.32 Å². The first-order valence-corrected chi connectivity index (χ1v) is 7.94. The molecule has 1 N–H and O–H groups in total. The largest absolute Gasteiger partial charge is 0.314 e. The average Bonchev–Trinajstić information content (AvgIpc) is 3.27. The van der Waals surface area contributed by atoms with Crippen molar-refractivity contribution in [1.82, 2.24) is 10.2 Å². The average molecular weight is 297 g/mol. The van der Waals surface area contributed by atoms with Crippen molar-refractivity contribution < 1.29 is 4.39 Å². The Morgan fingerprint density at radius 3 is 2.70 bits per heavy atom. The van der Waals surface area contributed by atoms with E-state index in [1.165, 1.54) is 12.8 Å². The molecule has 0 unspecified atom stereocenters. The summed E-state index contributed by atoms with van der Waals surface area (Å²) in [5.41, 5.74) is 1.42. The Balaban J connectivity index is 1.93. The Bertz CT molecular complexity index is 482. The second kappa shape index (κ2) is 6.00. The van der Waals surface area contributed by atoms with Crippen molar-refractivity contribution in [3.05, 3.63) is 34.1 Å². The van der Waals surface area contributed by atoms with E-state index < -0.39 is 0 Å². The molecule has 2 nitrogen and oxygen atoms in total. The van der Waals surface area contributed by atoms with E-state index in [1.807, 2.05) is 13.0 Å². The molecular formula is C16H22ClFN2. The molecule has 1 aromatic rings. The predicted octanol–water partition coefficient (Wildman–Crippen LogP) is 3.53. The summed E-state index contributed by atoms with van der Waals surface area (Å²) in [4.78, 5) is 2.40. The van der Waals surface area contributed by atoms with Crippen LogP contribution >= 0.6 is 11.6 Å². The number of hydrogen-bond donors (Lipinski definition) is 1. The Labute approximate surface area is 125 Å². The van der Waals surface area contributed by atoms with E-state index in [0.29, 0.717) is 10.6 Å². The summed E-state index contributed by atoms with van der Waals surface area (Å²) in [7, 11) is 0. The lowest BCUT2D eigenvalue weighted by Gasteiger charge is -2.36. The van der Waals surface area contributed by atoms with Crippen LogP contribution in [0.3, 0.4) is 0 Å².